The van der Waals surface area contributed by atoms with Crippen molar-refractivity contribution in [1.29, 1.82) is 0 Å². The SMILES string of the molecule is CC(C)Oc1ccc([C@@H](Cc2ccc(-c3cc(F)cc(OC(F)(F)C(F)F)c3)cc2)NS(=O)C(C)(C)C)cc1F. The summed E-state index contributed by atoms with van der Waals surface area (Å²) in [6.45, 7) is 8.97. The van der Waals surface area contributed by atoms with Gasteiger partial charge in [0.1, 0.15) is 11.6 Å². The molecule has 40 heavy (non-hydrogen) atoms. The van der Waals surface area contributed by atoms with E-state index in [0.717, 1.165) is 17.7 Å². The van der Waals surface area contributed by atoms with Crippen LogP contribution in [0.5, 0.6) is 11.5 Å². The van der Waals surface area contributed by atoms with Crippen molar-refractivity contribution < 1.29 is 40.0 Å². The molecule has 1 unspecified atom stereocenters. The number of alkyl halides is 4. The fraction of sp³-hybridized carbons (Fsp3) is 0.379. The van der Waals surface area contributed by atoms with Crippen LogP contribution in [-0.2, 0) is 17.4 Å². The topological polar surface area (TPSA) is 47.6 Å². The second-order valence-electron chi connectivity index (χ2n) is 10.4. The first-order valence-corrected chi connectivity index (χ1v) is 13.6. The van der Waals surface area contributed by atoms with E-state index in [4.69, 9.17) is 4.74 Å². The molecule has 0 saturated carbocycles. The third kappa shape index (κ3) is 8.47. The van der Waals surface area contributed by atoms with Gasteiger partial charge in [0.05, 0.1) is 21.8 Å². The van der Waals surface area contributed by atoms with Crippen molar-refractivity contribution in [1.82, 2.24) is 4.72 Å². The fourth-order valence-corrected chi connectivity index (χ4v) is 4.51. The number of nitrogens with one attached hydrogen (secondary N) is 1. The summed E-state index contributed by atoms with van der Waals surface area (Å²) in [4.78, 5) is 0. The van der Waals surface area contributed by atoms with E-state index < -0.39 is 51.7 Å². The van der Waals surface area contributed by atoms with E-state index in [0.29, 0.717) is 23.6 Å². The van der Waals surface area contributed by atoms with Gasteiger partial charge in [0.15, 0.2) is 11.6 Å². The van der Waals surface area contributed by atoms with Crippen LogP contribution in [0.4, 0.5) is 26.3 Å². The molecular weight excluding hydrogens is 556 g/mol. The number of rotatable bonds is 11. The molecule has 3 aromatic carbocycles. The molecule has 0 amide bonds. The van der Waals surface area contributed by atoms with Crippen LogP contribution in [-0.4, -0.2) is 27.6 Å². The quantitative estimate of drug-likeness (QED) is 0.231. The van der Waals surface area contributed by atoms with E-state index in [-0.39, 0.29) is 17.4 Å². The van der Waals surface area contributed by atoms with Gasteiger partial charge in [0.25, 0.3) is 0 Å². The highest BCUT2D eigenvalue weighted by Crippen LogP contribution is 2.32. The lowest BCUT2D eigenvalue weighted by Gasteiger charge is -2.25. The highest BCUT2D eigenvalue weighted by atomic mass is 32.2. The normalized spacial score (nSPS) is 13.9. The summed E-state index contributed by atoms with van der Waals surface area (Å²) < 4.78 is 105. The minimum Gasteiger partial charge on any atom is -0.488 e. The van der Waals surface area contributed by atoms with Gasteiger partial charge in [0, 0.05) is 12.1 Å². The van der Waals surface area contributed by atoms with Crippen LogP contribution in [0.3, 0.4) is 0 Å². The highest BCUT2D eigenvalue weighted by Gasteiger charge is 2.44. The van der Waals surface area contributed by atoms with Crippen molar-refractivity contribution >= 4 is 11.0 Å². The lowest BCUT2D eigenvalue weighted by molar-refractivity contribution is -0.253. The zero-order chi connectivity index (χ0) is 29.8. The van der Waals surface area contributed by atoms with Gasteiger partial charge >= 0.3 is 12.5 Å². The van der Waals surface area contributed by atoms with E-state index in [1.807, 2.05) is 0 Å². The van der Waals surface area contributed by atoms with Crippen LogP contribution in [0.25, 0.3) is 11.1 Å². The molecule has 218 valence electrons. The second kappa shape index (κ2) is 12.6. The molecule has 3 rings (SSSR count). The predicted molar refractivity (Wildman–Crippen MR) is 143 cm³/mol. The summed E-state index contributed by atoms with van der Waals surface area (Å²) in [6.07, 6.45) is -8.78. The molecule has 4 nitrogen and oxygen atoms in total. The summed E-state index contributed by atoms with van der Waals surface area (Å²) >= 11 is 0. The minimum atomic E-state index is -4.78. The molecule has 0 aliphatic carbocycles. The van der Waals surface area contributed by atoms with E-state index in [2.05, 4.69) is 9.46 Å². The molecule has 0 aliphatic rings. The van der Waals surface area contributed by atoms with Crippen molar-refractivity contribution in [2.75, 3.05) is 0 Å². The summed E-state index contributed by atoms with van der Waals surface area (Å²) in [6, 6.07) is 13.2. The molecular formula is C29H31F6NO3S. The van der Waals surface area contributed by atoms with E-state index in [1.165, 1.54) is 12.1 Å². The van der Waals surface area contributed by atoms with E-state index in [1.54, 1.807) is 65.0 Å². The van der Waals surface area contributed by atoms with Crippen LogP contribution in [0.15, 0.2) is 60.7 Å². The standard InChI is InChI=1S/C29H31F6NO3S/c1-17(2)38-26-11-10-20(15-24(26)31)25(36-40(37)28(3,4)5)12-18-6-8-19(9-7-18)21-13-22(30)16-23(14-21)39-29(34,35)27(32)33/h6-11,13-17,25,27,36H,12H2,1-5H3/t25-,40?/m1/s1. The van der Waals surface area contributed by atoms with Crippen LogP contribution in [0.2, 0.25) is 0 Å². The summed E-state index contributed by atoms with van der Waals surface area (Å²) in [5, 5.41) is 0. The Bertz CT molecular complexity index is 1330. The van der Waals surface area contributed by atoms with Gasteiger partial charge in [-0.15, -0.1) is 0 Å². The molecule has 0 radical (unpaired) electrons. The minimum absolute atomic E-state index is 0.101. The maximum atomic E-state index is 14.8. The Balaban J connectivity index is 1.88. The van der Waals surface area contributed by atoms with Gasteiger partial charge in [-0.25, -0.2) is 17.7 Å². The summed E-state index contributed by atoms with van der Waals surface area (Å²) in [7, 11) is -1.49. The van der Waals surface area contributed by atoms with Crippen LogP contribution in [0, 0.1) is 11.6 Å². The van der Waals surface area contributed by atoms with Gasteiger partial charge in [-0.2, -0.15) is 17.6 Å². The molecule has 0 fully saturated rings. The highest BCUT2D eigenvalue weighted by molar-refractivity contribution is 7.84. The monoisotopic (exact) mass is 587 g/mol. The number of hydrogen-bond acceptors (Lipinski definition) is 3. The van der Waals surface area contributed by atoms with Crippen LogP contribution >= 0.6 is 0 Å². The third-order valence-electron chi connectivity index (χ3n) is 5.63. The zero-order valence-corrected chi connectivity index (χ0v) is 23.4. The number of halogens is 6. The Morgan fingerprint density at radius 2 is 1.55 bits per heavy atom. The number of benzene rings is 3. The first-order chi connectivity index (χ1) is 18.5. The Hall–Kier alpha value is -3.05. The van der Waals surface area contributed by atoms with Crippen molar-refractivity contribution in [2.24, 2.45) is 0 Å². The smallest absolute Gasteiger partial charge is 0.461 e. The van der Waals surface area contributed by atoms with Crippen molar-refractivity contribution in [2.45, 2.75) is 70.5 Å². The van der Waals surface area contributed by atoms with E-state index in [9.17, 15) is 30.6 Å². The third-order valence-corrected chi connectivity index (χ3v) is 7.24. The van der Waals surface area contributed by atoms with Crippen LogP contribution in [0.1, 0.15) is 51.8 Å². The Kier molecular flexibility index (Phi) is 9.94. The van der Waals surface area contributed by atoms with Crippen molar-refractivity contribution in [3.8, 4) is 22.6 Å². The Labute approximate surface area is 232 Å². The van der Waals surface area contributed by atoms with Crippen molar-refractivity contribution in [3.63, 3.8) is 0 Å². The lowest BCUT2D eigenvalue weighted by Crippen LogP contribution is -2.36. The van der Waals surface area contributed by atoms with E-state index >= 15 is 0 Å². The molecule has 2 atom stereocenters. The molecule has 11 heteroatoms. The van der Waals surface area contributed by atoms with Gasteiger partial charge in [-0.3, -0.25) is 0 Å². The maximum Gasteiger partial charge on any atom is 0.461 e. The molecule has 0 spiro atoms. The number of ether oxygens (including phenoxy) is 2. The average Bonchev–Trinajstić information content (AvgIpc) is 2.83. The van der Waals surface area contributed by atoms with Gasteiger partial charge in [0.2, 0.25) is 0 Å². The first kappa shape index (κ1) is 31.5. The molecule has 0 bridgehead atoms. The summed E-state index contributed by atoms with van der Waals surface area (Å²) in [5.74, 6) is -2.15. The van der Waals surface area contributed by atoms with Gasteiger partial charge in [-0.05, 0) is 87.6 Å². The van der Waals surface area contributed by atoms with Crippen molar-refractivity contribution in [3.05, 3.63) is 83.4 Å². The average molecular weight is 588 g/mol. The summed E-state index contributed by atoms with van der Waals surface area (Å²) in [5.41, 5.74) is 1.84. The lowest BCUT2D eigenvalue weighted by atomic mass is 9.97. The Morgan fingerprint density at radius 3 is 2.10 bits per heavy atom. The van der Waals surface area contributed by atoms with Gasteiger partial charge in [-0.1, -0.05) is 30.3 Å². The van der Waals surface area contributed by atoms with Crippen LogP contribution < -0.4 is 14.2 Å². The molecule has 0 saturated heterocycles. The predicted octanol–water partition coefficient (Wildman–Crippen LogP) is 7.99. The fourth-order valence-electron chi connectivity index (χ4n) is 3.68. The number of hydrogen-bond donors (Lipinski definition) is 1. The molecule has 0 heterocycles. The first-order valence-electron chi connectivity index (χ1n) is 12.4. The second-order valence-corrected chi connectivity index (χ2v) is 12.4. The molecule has 3 aromatic rings. The molecule has 0 aliphatic heterocycles. The molecule has 0 aromatic heterocycles. The zero-order valence-electron chi connectivity index (χ0n) is 22.6. The largest absolute Gasteiger partial charge is 0.488 e. The maximum absolute atomic E-state index is 14.8. The Morgan fingerprint density at radius 1 is 0.900 bits per heavy atom. The van der Waals surface area contributed by atoms with Gasteiger partial charge < -0.3 is 9.47 Å². The molecule has 1 N–H and O–H groups in total.